The number of aromatic nitrogens is 6. The van der Waals surface area contributed by atoms with Gasteiger partial charge >= 0.3 is 6.09 Å². The number of nitrogens with one attached hydrogen (secondary N) is 1. The van der Waals surface area contributed by atoms with Gasteiger partial charge in [0.2, 0.25) is 0 Å². The van der Waals surface area contributed by atoms with Crippen LogP contribution in [-0.4, -0.2) is 71.0 Å². The first kappa shape index (κ1) is 22.2. The van der Waals surface area contributed by atoms with Crippen LogP contribution in [0.3, 0.4) is 0 Å². The third-order valence-electron chi connectivity index (χ3n) is 7.24. The number of carboxylic acid groups (broad SMARTS) is 1. The van der Waals surface area contributed by atoms with Crippen LogP contribution in [0.2, 0.25) is 0 Å². The van der Waals surface area contributed by atoms with Gasteiger partial charge in [0, 0.05) is 61.1 Å². The minimum absolute atomic E-state index is 0.00156. The molecule has 2 fully saturated rings. The van der Waals surface area contributed by atoms with E-state index in [9.17, 15) is 9.90 Å². The number of benzene rings is 1. The van der Waals surface area contributed by atoms with Crippen molar-refractivity contribution in [2.45, 2.75) is 18.5 Å². The molecule has 0 saturated carbocycles. The topological polar surface area (TPSA) is 125 Å². The first-order valence-corrected chi connectivity index (χ1v) is 12.3. The molecule has 2 atom stereocenters. The first-order chi connectivity index (χ1) is 18.6. The molecule has 2 saturated heterocycles. The SMILES string of the molecule is O=C(O)N1C[C@@H]2C[C@H]1CN2c1cc(-n2nc(Nc3cnccn3)c3ccc(-c4cccnc4)cc32)ccn1. The van der Waals surface area contributed by atoms with Gasteiger partial charge in [0.15, 0.2) is 5.82 Å². The molecule has 5 aromatic rings. The van der Waals surface area contributed by atoms with Crippen molar-refractivity contribution < 1.29 is 9.90 Å². The molecule has 1 aromatic carbocycles. The maximum Gasteiger partial charge on any atom is 0.407 e. The highest BCUT2D eigenvalue weighted by Crippen LogP contribution is 2.36. The largest absolute Gasteiger partial charge is 0.465 e. The van der Waals surface area contributed by atoms with Gasteiger partial charge in [-0.3, -0.25) is 9.97 Å². The molecule has 0 spiro atoms. The Kier molecular flexibility index (Phi) is 5.13. The molecule has 38 heavy (non-hydrogen) atoms. The van der Waals surface area contributed by atoms with Gasteiger partial charge in [0.25, 0.3) is 0 Å². The van der Waals surface area contributed by atoms with Gasteiger partial charge in [-0.1, -0.05) is 12.1 Å². The number of carbonyl (C=O) groups is 1. The van der Waals surface area contributed by atoms with Gasteiger partial charge < -0.3 is 20.2 Å². The summed E-state index contributed by atoms with van der Waals surface area (Å²) in [5, 5.41) is 18.6. The number of amides is 1. The molecule has 0 unspecified atom stereocenters. The Morgan fingerprint density at radius 3 is 2.61 bits per heavy atom. The number of pyridine rings is 2. The summed E-state index contributed by atoms with van der Waals surface area (Å²) < 4.78 is 1.90. The zero-order valence-corrected chi connectivity index (χ0v) is 20.2. The lowest BCUT2D eigenvalue weighted by molar-refractivity contribution is 0.137. The van der Waals surface area contributed by atoms with E-state index in [1.54, 1.807) is 31.0 Å². The molecule has 7 rings (SSSR count). The van der Waals surface area contributed by atoms with Crippen molar-refractivity contribution in [3.63, 3.8) is 0 Å². The van der Waals surface area contributed by atoms with E-state index in [1.165, 1.54) is 4.90 Å². The maximum atomic E-state index is 11.5. The van der Waals surface area contributed by atoms with E-state index in [1.807, 2.05) is 41.2 Å². The number of piperazine rings is 1. The van der Waals surface area contributed by atoms with Gasteiger partial charge in [0.1, 0.15) is 11.6 Å². The van der Waals surface area contributed by atoms with E-state index in [2.05, 4.69) is 42.3 Å². The van der Waals surface area contributed by atoms with Crippen LogP contribution in [0.25, 0.3) is 27.7 Å². The van der Waals surface area contributed by atoms with E-state index < -0.39 is 6.09 Å². The molecular formula is C27H23N9O2. The van der Waals surface area contributed by atoms with Crippen molar-refractivity contribution in [3.05, 3.63) is 79.6 Å². The summed E-state index contributed by atoms with van der Waals surface area (Å²) >= 11 is 0. The predicted molar refractivity (Wildman–Crippen MR) is 142 cm³/mol. The Morgan fingerprint density at radius 2 is 1.84 bits per heavy atom. The summed E-state index contributed by atoms with van der Waals surface area (Å²) in [6, 6.07) is 14.2. The van der Waals surface area contributed by atoms with Crippen molar-refractivity contribution in [1.29, 1.82) is 0 Å². The number of fused-ring (bicyclic) bond motifs is 3. The maximum absolute atomic E-state index is 11.5. The van der Waals surface area contributed by atoms with Crippen LogP contribution in [0.5, 0.6) is 0 Å². The third-order valence-corrected chi connectivity index (χ3v) is 7.24. The minimum atomic E-state index is -0.852. The molecule has 4 aromatic heterocycles. The van der Waals surface area contributed by atoms with Crippen LogP contribution in [0, 0.1) is 0 Å². The molecule has 1 amide bonds. The second kappa shape index (κ2) is 8.80. The fourth-order valence-electron chi connectivity index (χ4n) is 5.48. The van der Waals surface area contributed by atoms with E-state index in [0.29, 0.717) is 24.7 Å². The molecule has 6 heterocycles. The second-order valence-electron chi connectivity index (χ2n) is 9.45. The summed E-state index contributed by atoms with van der Waals surface area (Å²) in [7, 11) is 0. The molecular weight excluding hydrogens is 482 g/mol. The van der Waals surface area contributed by atoms with E-state index in [4.69, 9.17) is 5.10 Å². The van der Waals surface area contributed by atoms with Crippen molar-refractivity contribution in [2.75, 3.05) is 23.3 Å². The molecule has 0 aliphatic carbocycles. The van der Waals surface area contributed by atoms with Gasteiger partial charge in [-0.25, -0.2) is 19.4 Å². The van der Waals surface area contributed by atoms with Crippen LogP contribution < -0.4 is 10.2 Å². The lowest BCUT2D eigenvalue weighted by Gasteiger charge is -2.33. The summed E-state index contributed by atoms with van der Waals surface area (Å²) in [6.45, 7) is 1.13. The molecule has 2 aliphatic rings. The molecule has 188 valence electrons. The van der Waals surface area contributed by atoms with Crippen molar-refractivity contribution >= 4 is 34.4 Å². The molecule has 11 heteroatoms. The number of hydrogen-bond donors (Lipinski definition) is 2. The fourth-order valence-corrected chi connectivity index (χ4v) is 5.48. The quantitative estimate of drug-likeness (QED) is 0.365. The number of likely N-dealkylation sites (tertiary alicyclic amines) is 1. The van der Waals surface area contributed by atoms with Crippen molar-refractivity contribution in [1.82, 2.24) is 34.6 Å². The molecule has 11 nitrogen and oxygen atoms in total. The highest BCUT2D eigenvalue weighted by Gasteiger charge is 2.45. The number of rotatable bonds is 5. The summed E-state index contributed by atoms with van der Waals surface area (Å²) in [5.74, 6) is 2.08. The van der Waals surface area contributed by atoms with E-state index in [0.717, 1.165) is 40.0 Å². The van der Waals surface area contributed by atoms with Gasteiger partial charge in [0.05, 0.1) is 29.5 Å². The standard InChI is InChI=1S/C27H23N9O2/c37-27(38)35-16-20-11-21(35)15-34(20)25-12-19(5-7-31-25)36-23-10-17(18-2-1-6-28-13-18)3-4-22(23)26(33-36)32-24-14-29-8-9-30-24/h1-10,12-14,20-21H,11,15-16H2,(H,37,38)(H,30,32,33)/t20-,21-/m0/s1. The van der Waals surface area contributed by atoms with E-state index >= 15 is 0 Å². The van der Waals surface area contributed by atoms with Crippen LogP contribution in [0.4, 0.5) is 22.2 Å². The lowest BCUT2D eigenvalue weighted by Crippen LogP contribution is -2.48. The summed E-state index contributed by atoms with van der Waals surface area (Å²) in [6.07, 6.45) is 10.3. The molecule has 2 bridgehead atoms. The predicted octanol–water partition coefficient (Wildman–Crippen LogP) is 3.96. The first-order valence-electron chi connectivity index (χ1n) is 12.3. The average molecular weight is 506 g/mol. The number of hydrogen-bond acceptors (Lipinski definition) is 8. The molecule has 2 aliphatic heterocycles. The zero-order valence-electron chi connectivity index (χ0n) is 20.2. The Balaban J connectivity index is 1.30. The summed E-state index contributed by atoms with van der Waals surface area (Å²) in [4.78, 5) is 32.7. The second-order valence-corrected chi connectivity index (χ2v) is 9.45. The van der Waals surface area contributed by atoms with Crippen molar-refractivity contribution in [2.24, 2.45) is 0 Å². The normalized spacial score (nSPS) is 18.3. The molecule has 0 radical (unpaired) electrons. The highest BCUT2D eigenvalue weighted by molar-refractivity contribution is 5.95. The van der Waals surface area contributed by atoms with Crippen LogP contribution in [0.1, 0.15) is 6.42 Å². The van der Waals surface area contributed by atoms with Crippen LogP contribution in [-0.2, 0) is 0 Å². The highest BCUT2D eigenvalue weighted by atomic mass is 16.4. The van der Waals surface area contributed by atoms with Crippen molar-refractivity contribution in [3.8, 4) is 16.8 Å². The number of nitrogens with zero attached hydrogens (tertiary/aromatic N) is 8. The number of anilines is 3. The fraction of sp³-hybridized carbons (Fsp3) is 0.185. The Bertz CT molecular complexity index is 1640. The van der Waals surface area contributed by atoms with Gasteiger partial charge in [-0.2, -0.15) is 0 Å². The lowest BCUT2D eigenvalue weighted by atomic mass is 10.1. The van der Waals surface area contributed by atoms with Gasteiger partial charge in [-0.15, -0.1) is 5.10 Å². The smallest absolute Gasteiger partial charge is 0.407 e. The Hall–Kier alpha value is -5.06. The minimum Gasteiger partial charge on any atom is -0.465 e. The van der Waals surface area contributed by atoms with Crippen LogP contribution >= 0.6 is 0 Å². The Labute approximate surface area is 217 Å². The average Bonchev–Trinajstić information content (AvgIpc) is 3.67. The summed E-state index contributed by atoms with van der Waals surface area (Å²) in [5.41, 5.74) is 3.80. The molecule has 2 N–H and O–H groups in total. The van der Waals surface area contributed by atoms with Gasteiger partial charge in [-0.05, 0) is 36.2 Å². The Morgan fingerprint density at radius 1 is 0.921 bits per heavy atom. The van der Waals surface area contributed by atoms with E-state index in [-0.39, 0.29) is 12.1 Å². The third kappa shape index (κ3) is 3.76. The van der Waals surface area contributed by atoms with Crippen LogP contribution in [0.15, 0.2) is 79.6 Å². The monoisotopic (exact) mass is 505 g/mol. The zero-order chi connectivity index (χ0) is 25.6.